The second kappa shape index (κ2) is 7.13. The minimum absolute atomic E-state index is 0.999. The average Bonchev–Trinajstić information content (AvgIpc) is 3.18. The normalized spacial score (nSPS) is 19.0. The third-order valence-electron chi connectivity index (χ3n) is 4.92. The van der Waals surface area contributed by atoms with Crippen molar-refractivity contribution in [3.63, 3.8) is 0 Å². The Bertz CT molecular complexity index is 648. The molecule has 0 spiro atoms. The highest BCUT2D eigenvalue weighted by Gasteiger charge is 2.20. The molecule has 6 nitrogen and oxygen atoms in total. The van der Waals surface area contributed by atoms with E-state index in [4.69, 9.17) is 0 Å². The summed E-state index contributed by atoms with van der Waals surface area (Å²) < 4.78 is 0. The fourth-order valence-corrected chi connectivity index (χ4v) is 3.51. The van der Waals surface area contributed by atoms with Gasteiger partial charge in [-0.2, -0.15) is 0 Å². The first-order valence-corrected chi connectivity index (χ1v) is 8.82. The molecule has 2 fully saturated rings. The molecule has 0 aliphatic carbocycles. The predicted octanol–water partition coefficient (Wildman–Crippen LogP) is 1.79. The van der Waals surface area contributed by atoms with E-state index >= 15 is 0 Å². The van der Waals surface area contributed by atoms with Gasteiger partial charge in [-0.25, -0.2) is 9.97 Å². The van der Waals surface area contributed by atoms with Gasteiger partial charge in [0.15, 0.2) is 0 Å². The van der Waals surface area contributed by atoms with Crippen LogP contribution in [-0.4, -0.2) is 59.1 Å². The lowest BCUT2D eigenvalue weighted by molar-refractivity contribution is 0.249. The van der Waals surface area contributed by atoms with Crippen molar-refractivity contribution in [1.82, 2.24) is 19.9 Å². The minimum atomic E-state index is 0.999. The molecule has 4 rings (SSSR count). The van der Waals surface area contributed by atoms with E-state index in [9.17, 15) is 0 Å². The lowest BCUT2D eigenvalue weighted by Gasteiger charge is -2.35. The summed E-state index contributed by atoms with van der Waals surface area (Å²) in [6, 6.07) is 6.35. The van der Waals surface area contributed by atoms with E-state index in [1.165, 1.54) is 18.4 Å². The maximum atomic E-state index is 4.50. The van der Waals surface area contributed by atoms with Gasteiger partial charge in [-0.15, -0.1) is 0 Å². The molecule has 0 unspecified atom stereocenters. The zero-order chi connectivity index (χ0) is 16.2. The molecule has 0 aromatic carbocycles. The highest BCUT2D eigenvalue weighted by atomic mass is 15.3. The van der Waals surface area contributed by atoms with E-state index in [0.29, 0.717) is 0 Å². The number of rotatable bonds is 4. The van der Waals surface area contributed by atoms with E-state index in [2.05, 4.69) is 47.9 Å². The fraction of sp³-hybridized carbons (Fsp3) is 0.500. The SMILES string of the molecule is c1cc(CN2CCN(c3cc(N4CCCC4)ncn3)CC2)ccn1. The molecule has 4 heterocycles. The van der Waals surface area contributed by atoms with Crippen LogP contribution in [0, 0.1) is 0 Å². The van der Waals surface area contributed by atoms with Crippen molar-refractivity contribution in [3.05, 3.63) is 42.5 Å². The van der Waals surface area contributed by atoms with E-state index in [1.807, 2.05) is 12.4 Å². The van der Waals surface area contributed by atoms with Crippen molar-refractivity contribution in [1.29, 1.82) is 0 Å². The summed E-state index contributed by atoms with van der Waals surface area (Å²) in [7, 11) is 0. The molecule has 126 valence electrons. The predicted molar refractivity (Wildman–Crippen MR) is 95.2 cm³/mol. The molecule has 0 saturated carbocycles. The number of anilines is 2. The Balaban J connectivity index is 1.36. The molecule has 2 aromatic rings. The first-order valence-electron chi connectivity index (χ1n) is 8.82. The molecule has 6 heteroatoms. The number of hydrogen-bond acceptors (Lipinski definition) is 6. The number of hydrogen-bond donors (Lipinski definition) is 0. The Hall–Kier alpha value is -2.21. The fourth-order valence-electron chi connectivity index (χ4n) is 3.51. The third-order valence-corrected chi connectivity index (χ3v) is 4.92. The van der Waals surface area contributed by atoms with Crippen molar-refractivity contribution in [2.24, 2.45) is 0 Å². The van der Waals surface area contributed by atoms with Crippen molar-refractivity contribution in [2.75, 3.05) is 49.1 Å². The second-order valence-corrected chi connectivity index (χ2v) is 6.55. The summed E-state index contributed by atoms with van der Waals surface area (Å²) in [4.78, 5) is 20.3. The second-order valence-electron chi connectivity index (χ2n) is 6.55. The minimum Gasteiger partial charge on any atom is -0.356 e. The molecule has 0 bridgehead atoms. The van der Waals surface area contributed by atoms with Crippen molar-refractivity contribution < 1.29 is 0 Å². The molecule has 2 aliphatic heterocycles. The molecule has 0 N–H and O–H groups in total. The molecule has 24 heavy (non-hydrogen) atoms. The highest BCUT2D eigenvalue weighted by Crippen LogP contribution is 2.22. The van der Waals surface area contributed by atoms with Gasteiger partial charge < -0.3 is 9.80 Å². The van der Waals surface area contributed by atoms with E-state index in [-0.39, 0.29) is 0 Å². The van der Waals surface area contributed by atoms with Crippen LogP contribution in [0.2, 0.25) is 0 Å². The Morgan fingerprint density at radius 1 is 0.792 bits per heavy atom. The standard InChI is InChI=1S/C18H24N6/c1-2-8-23(7-1)17-13-18(21-15-20-17)24-11-9-22(10-12-24)14-16-3-5-19-6-4-16/h3-6,13,15H,1-2,7-12,14H2. The number of pyridine rings is 1. The highest BCUT2D eigenvalue weighted by molar-refractivity contribution is 5.50. The monoisotopic (exact) mass is 324 g/mol. The number of nitrogens with zero attached hydrogens (tertiary/aromatic N) is 6. The lowest BCUT2D eigenvalue weighted by atomic mass is 10.2. The summed E-state index contributed by atoms with van der Waals surface area (Å²) in [5.41, 5.74) is 1.33. The van der Waals surface area contributed by atoms with Crippen LogP contribution in [0.15, 0.2) is 36.9 Å². The quantitative estimate of drug-likeness (QED) is 0.855. The summed E-state index contributed by atoms with van der Waals surface area (Å²) in [6.07, 6.45) is 7.99. The molecule has 0 radical (unpaired) electrons. The summed E-state index contributed by atoms with van der Waals surface area (Å²) in [5, 5.41) is 0. The Morgan fingerprint density at radius 2 is 1.42 bits per heavy atom. The van der Waals surface area contributed by atoms with E-state index in [1.54, 1.807) is 6.33 Å². The van der Waals surface area contributed by atoms with Crippen molar-refractivity contribution >= 4 is 11.6 Å². The van der Waals surface area contributed by atoms with Crippen LogP contribution in [0.1, 0.15) is 18.4 Å². The molecule has 2 saturated heterocycles. The average molecular weight is 324 g/mol. The van der Waals surface area contributed by atoms with Gasteiger partial charge in [0, 0.05) is 64.3 Å². The maximum absolute atomic E-state index is 4.50. The van der Waals surface area contributed by atoms with E-state index < -0.39 is 0 Å². The van der Waals surface area contributed by atoms with Crippen LogP contribution < -0.4 is 9.80 Å². The lowest BCUT2D eigenvalue weighted by Crippen LogP contribution is -2.46. The maximum Gasteiger partial charge on any atom is 0.134 e. The molecular formula is C18H24N6. The Morgan fingerprint density at radius 3 is 2.08 bits per heavy atom. The zero-order valence-electron chi connectivity index (χ0n) is 14.0. The first kappa shape index (κ1) is 15.3. The summed E-state index contributed by atoms with van der Waals surface area (Å²) in [6.45, 7) is 7.39. The number of aromatic nitrogens is 3. The molecule has 0 atom stereocenters. The van der Waals surface area contributed by atoms with Gasteiger partial charge in [0.05, 0.1) is 0 Å². The third kappa shape index (κ3) is 3.48. The van der Waals surface area contributed by atoms with Gasteiger partial charge in [-0.05, 0) is 30.5 Å². The van der Waals surface area contributed by atoms with E-state index in [0.717, 1.165) is 57.4 Å². The van der Waals surface area contributed by atoms with Crippen molar-refractivity contribution in [3.8, 4) is 0 Å². The van der Waals surface area contributed by atoms with Gasteiger partial charge in [0.25, 0.3) is 0 Å². The summed E-state index contributed by atoms with van der Waals surface area (Å²) >= 11 is 0. The van der Waals surface area contributed by atoms with Crippen LogP contribution in [0.25, 0.3) is 0 Å². The molecular weight excluding hydrogens is 300 g/mol. The zero-order valence-corrected chi connectivity index (χ0v) is 14.0. The van der Waals surface area contributed by atoms with Gasteiger partial charge >= 0.3 is 0 Å². The van der Waals surface area contributed by atoms with Crippen LogP contribution in [0.3, 0.4) is 0 Å². The van der Waals surface area contributed by atoms with Crippen LogP contribution >= 0.6 is 0 Å². The van der Waals surface area contributed by atoms with Gasteiger partial charge in [0.1, 0.15) is 18.0 Å². The topological polar surface area (TPSA) is 48.4 Å². The largest absolute Gasteiger partial charge is 0.356 e. The van der Waals surface area contributed by atoms with Gasteiger partial charge in [-0.1, -0.05) is 0 Å². The Labute approximate surface area is 143 Å². The summed E-state index contributed by atoms with van der Waals surface area (Å²) in [5.74, 6) is 2.15. The van der Waals surface area contributed by atoms with Crippen LogP contribution in [0.5, 0.6) is 0 Å². The van der Waals surface area contributed by atoms with Gasteiger partial charge in [0.2, 0.25) is 0 Å². The molecule has 0 amide bonds. The van der Waals surface area contributed by atoms with Gasteiger partial charge in [-0.3, -0.25) is 9.88 Å². The smallest absolute Gasteiger partial charge is 0.134 e. The number of piperazine rings is 1. The Kier molecular flexibility index (Phi) is 4.55. The molecule has 2 aromatic heterocycles. The van der Waals surface area contributed by atoms with Crippen LogP contribution in [0.4, 0.5) is 11.6 Å². The molecule has 2 aliphatic rings. The first-order chi connectivity index (χ1) is 11.9. The van der Waals surface area contributed by atoms with Crippen LogP contribution in [-0.2, 0) is 6.54 Å². The van der Waals surface area contributed by atoms with Crippen molar-refractivity contribution in [2.45, 2.75) is 19.4 Å².